The first-order valence-corrected chi connectivity index (χ1v) is 3.82. The fraction of sp³-hybridized carbons (Fsp3) is 1.00. The average Bonchev–Trinajstić information content (AvgIpc) is 2.66. The van der Waals surface area contributed by atoms with Gasteiger partial charge in [-0.05, 0) is 13.8 Å². The van der Waals surface area contributed by atoms with E-state index in [9.17, 15) is 0 Å². The Morgan fingerprint density at radius 1 is 1.44 bits per heavy atom. The third-order valence-corrected chi connectivity index (χ3v) is 1.92. The van der Waals surface area contributed by atoms with Crippen LogP contribution in [0.1, 0.15) is 13.8 Å². The summed E-state index contributed by atoms with van der Waals surface area (Å²) in [4.78, 5) is 1.65. The molecule has 1 N–H and O–H groups in total. The first-order valence-electron chi connectivity index (χ1n) is 3.82. The lowest BCUT2D eigenvalue weighted by atomic mass is 10.4. The topological polar surface area (TPSA) is 17.0 Å². The van der Waals surface area contributed by atoms with Crippen LogP contribution in [0.4, 0.5) is 0 Å². The Morgan fingerprint density at radius 2 is 2.00 bits per heavy atom. The quantitative estimate of drug-likeness (QED) is 0.498. The van der Waals surface area contributed by atoms with Crippen molar-refractivity contribution in [2.75, 3.05) is 26.2 Å². The molecule has 9 heavy (non-hydrogen) atoms. The first-order chi connectivity index (χ1) is 4.36. The molecule has 0 saturated carbocycles. The third kappa shape index (κ3) is 2.33. The molecule has 0 bridgehead atoms. The van der Waals surface area contributed by atoms with Gasteiger partial charge in [0.25, 0.3) is 0 Å². The minimum absolute atomic E-state index is 0.597. The van der Waals surface area contributed by atoms with Gasteiger partial charge in [-0.3, -0.25) is 0 Å². The van der Waals surface area contributed by atoms with E-state index in [1.54, 1.807) is 4.90 Å². The molecule has 2 nitrogen and oxygen atoms in total. The van der Waals surface area contributed by atoms with Gasteiger partial charge in [-0.15, -0.1) is 0 Å². The molecule has 0 spiro atoms. The van der Waals surface area contributed by atoms with Gasteiger partial charge in [0.05, 0.1) is 19.7 Å². The Labute approximate surface area is 56.8 Å². The van der Waals surface area contributed by atoms with E-state index in [2.05, 4.69) is 13.8 Å². The lowest BCUT2D eigenvalue weighted by Crippen LogP contribution is -3.12. The second-order valence-electron chi connectivity index (χ2n) is 2.62. The molecular weight excluding hydrogens is 114 g/mol. The van der Waals surface area contributed by atoms with Crippen LogP contribution < -0.4 is 4.90 Å². The van der Waals surface area contributed by atoms with Crippen LogP contribution in [0.2, 0.25) is 0 Å². The number of epoxide rings is 1. The van der Waals surface area contributed by atoms with E-state index in [1.807, 2.05) is 0 Å². The maximum Gasteiger partial charge on any atom is 0.130 e. The zero-order chi connectivity index (χ0) is 6.69. The van der Waals surface area contributed by atoms with Gasteiger partial charge in [0, 0.05) is 0 Å². The number of likely N-dealkylation sites (N-methyl/N-ethyl adjacent to an activating group) is 1. The molecule has 2 heteroatoms. The molecule has 0 aromatic rings. The Kier molecular flexibility index (Phi) is 2.49. The number of hydrogen-bond acceptors (Lipinski definition) is 1. The summed E-state index contributed by atoms with van der Waals surface area (Å²) in [6, 6.07) is 0. The molecule has 0 radical (unpaired) electrons. The Hall–Kier alpha value is -0.0800. The van der Waals surface area contributed by atoms with Crippen molar-refractivity contribution >= 4 is 0 Å². The van der Waals surface area contributed by atoms with Gasteiger partial charge in [0.1, 0.15) is 12.6 Å². The van der Waals surface area contributed by atoms with E-state index in [0.717, 1.165) is 6.61 Å². The maximum atomic E-state index is 5.12. The second-order valence-corrected chi connectivity index (χ2v) is 2.62. The van der Waals surface area contributed by atoms with Gasteiger partial charge >= 0.3 is 0 Å². The highest BCUT2D eigenvalue weighted by Crippen LogP contribution is 2.04. The van der Waals surface area contributed by atoms with Crippen molar-refractivity contribution in [3.63, 3.8) is 0 Å². The number of rotatable bonds is 4. The van der Waals surface area contributed by atoms with E-state index in [-0.39, 0.29) is 0 Å². The molecule has 0 amide bonds. The minimum atomic E-state index is 0.597. The van der Waals surface area contributed by atoms with Crippen molar-refractivity contribution in [1.29, 1.82) is 0 Å². The molecule has 0 aromatic heterocycles. The smallest absolute Gasteiger partial charge is 0.130 e. The summed E-state index contributed by atoms with van der Waals surface area (Å²) in [5, 5.41) is 0. The van der Waals surface area contributed by atoms with Crippen molar-refractivity contribution in [2.45, 2.75) is 20.0 Å². The molecule has 0 aliphatic carbocycles. The fourth-order valence-electron chi connectivity index (χ4n) is 1.05. The molecule has 54 valence electrons. The molecule has 1 atom stereocenters. The molecular formula is C7H16NO+. The molecule has 1 saturated heterocycles. The number of quaternary nitrogens is 1. The summed E-state index contributed by atoms with van der Waals surface area (Å²) in [5.74, 6) is 0. The van der Waals surface area contributed by atoms with Crippen LogP contribution in [0.3, 0.4) is 0 Å². The maximum absolute atomic E-state index is 5.12. The minimum Gasteiger partial charge on any atom is -0.367 e. The van der Waals surface area contributed by atoms with E-state index in [4.69, 9.17) is 4.74 Å². The SMILES string of the molecule is CC[NH+](CC)C[C@@H]1CO1. The third-order valence-electron chi connectivity index (χ3n) is 1.92. The van der Waals surface area contributed by atoms with Crippen molar-refractivity contribution in [2.24, 2.45) is 0 Å². The van der Waals surface area contributed by atoms with Crippen LogP contribution >= 0.6 is 0 Å². The number of hydrogen-bond donors (Lipinski definition) is 1. The monoisotopic (exact) mass is 130 g/mol. The molecule has 0 unspecified atom stereocenters. The molecule has 0 aromatic carbocycles. The van der Waals surface area contributed by atoms with Crippen LogP contribution in [0.25, 0.3) is 0 Å². The van der Waals surface area contributed by atoms with Crippen LogP contribution in [-0.4, -0.2) is 32.3 Å². The summed E-state index contributed by atoms with van der Waals surface area (Å²) >= 11 is 0. The highest BCUT2D eigenvalue weighted by molar-refractivity contribution is 4.65. The van der Waals surface area contributed by atoms with E-state index in [1.165, 1.54) is 19.6 Å². The lowest BCUT2D eigenvalue weighted by molar-refractivity contribution is -0.896. The van der Waals surface area contributed by atoms with Crippen LogP contribution in [0.5, 0.6) is 0 Å². The van der Waals surface area contributed by atoms with E-state index >= 15 is 0 Å². The predicted molar refractivity (Wildman–Crippen MR) is 36.7 cm³/mol. The van der Waals surface area contributed by atoms with Crippen molar-refractivity contribution in [1.82, 2.24) is 0 Å². The van der Waals surface area contributed by atoms with Crippen molar-refractivity contribution < 1.29 is 9.64 Å². The zero-order valence-electron chi connectivity index (χ0n) is 6.31. The fourth-order valence-corrected chi connectivity index (χ4v) is 1.05. The Morgan fingerprint density at radius 3 is 2.33 bits per heavy atom. The van der Waals surface area contributed by atoms with Crippen LogP contribution in [0, 0.1) is 0 Å². The van der Waals surface area contributed by atoms with Crippen LogP contribution in [0.15, 0.2) is 0 Å². The van der Waals surface area contributed by atoms with Gasteiger partial charge in [0.15, 0.2) is 0 Å². The molecule has 1 heterocycles. The standard InChI is InChI=1S/C7H15NO/c1-3-8(4-2)5-7-6-9-7/h7H,3-6H2,1-2H3/p+1/t7-/m1/s1. The van der Waals surface area contributed by atoms with Crippen molar-refractivity contribution in [3.05, 3.63) is 0 Å². The summed E-state index contributed by atoms with van der Waals surface area (Å²) in [5.41, 5.74) is 0. The lowest BCUT2D eigenvalue weighted by Gasteiger charge is -2.12. The Balaban J connectivity index is 2.05. The van der Waals surface area contributed by atoms with Gasteiger partial charge in [-0.1, -0.05) is 0 Å². The normalized spacial score (nSPS) is 25.0. The first kappa shape index (κ1) is 7.03. The zero-order valence-corrected chi connectivity index (χ0v) is 6.31. The van der Waals surface area contributed by atoms with E-state index in [0.29, 0.717) is 6.10 Å². The van der Waals surface area contributed by atoms with Gasteiger partial charge in [0.2, 0.25) is 0 Å². The van der Waals surface area contributed by atoms with E-state index < -0.39 is 0 Å². The molecule has 1 rings (SSSR count). The van der Waals surface area contributed by atoms with Gasteiger partial charge in [-0.2, -0.15) is 0 Å². The number of ether oxygens (including phenoxy) is 1. The van der Waals surface area contributed by atoms with Gasteiger partial charge in [-0.25, -0.2) is 0 Å². The largest absolute Gasteiger partial charge is 0.367 e. The molecule has 1 aliphatic heterocycles. The summed E-state index contributed by atoms with van der Waals surface area (Å²) in [7, 11) is 0. The predicted octanol–water partition coefficient (Wildman–Crippen LogP) is -0.690. The number of nitrogens with one attached hydrogen (secondary N) is 1. The summed E-state index contributed by atoms with van der Waals surface area (Å²) < 4.78 is 5.12. The highest BCUT2D eigenvalue weighted by Gasteiger charge is 2.26. The van der Waals surface area contributed by atoms with Gasteiger partial charge < -0.3 is 9.64 Å². The Bertz CT molecular complexity index is 77.0. The molecule has 1 fully saturated rings. The summed E-state index contributed by atoms with van der Waals surface area (Å²) in [6.45, 7) is 9.13. The highest BCUT2D eigenvalue weighted by atomic mass is 16.6. The van der Waals surface area contributed by atoms with Crippen LogP contribution in [-0.2, 0) is 4.74 Å². The average molecular weight is 130 g/mol. The summed E-state index contributed by atoms with van der Waals surface area (Å²) in [6.07, 6.45) is 0.597. The second kappa shape index (κ2) is 3.18. The van der Waals surface area contributed by atoms with Crippen molar-refractivity contribution in [3.8, 4) is 0 Å². The molecule has 1 aliphatic rings.